The van der Waals surface area contributed by atoms with Crippen LogP contribution in [0.25, 0.3) is 0 Å². The molecule has 138 valence electrons. The highest BCUT2D eigenvalue weighted by Crippen LogP contribution is 2.45. The Bertz CT molecular complexity index is 567. The van der Waals surface area contributed by atoms with Crippen LogP contribution in [0.3, 0.4) is 0 Å². The third-order valence-corrected chi connectivity index (χ3v) is 7.57. The van der Waals surface area contributed by atoms with Crippen molar-refractivity contribution in [1.82, 2.24) is 5.06 Å². The Hall–Kier alpha value is -0.730. The molecular formula is C18H25NO4S2. The third kappa shape index (κ3) is 4.34. The topological polar surface area (TPSA) is 59.0 Å². The summed E-state index contributed by atoms with van der Waals surface area (Å²) in [6.45, 7) is 2.57. The Kier molecular flexibility index (Phi) is 6.68. The zero-order valence-corrected chi connectivity index (χ0v) is 16.1. The van der Waals surface area contributed by atoms with Gasteiger partial charge in [-0.3, -0.25) is 4.84 Å². The quantitative estimate of drug-likeness (QED) is 0.727. The molecule has 2 fully saturated rings. The van der Waals surface area contributed by atoms with Gasteiger partial charge in [-0.1, -0.05) is 30.3 Å². The summed E-state index contributed by atoms with van der Waals surface area (Å²) in [7, 11) is 0. The van der Waals surface area contributed by atoms with Crippen LogP contribution in [0.2, 0.25) is 0 Å². The normalized spacial score (nSPS) is 27.7. The first-order valence-electron chi connectivity index (χ1n) is 8.67. The van der Waals surface area contributed by atoms with Crippen molar-refractivity contribution in [3.63, 3.8) is 0 Å². The van der Waals surface area contributed by atoms with Gasteiger partial charge < -0.3 is 9.84 Å². The highest BCUT2D eigenvalue weighted by atomic mass is 32.2. The number of esters is 1. The van der Waals surface area contributed by atoms with E-state index in [0.717, 1.165) is 17.1 Å². The maximum Gasteiger partial charge on any atom is 0.329 e. The van der Waals surface area contributed by atoms with E-state index in [-0.39, 0.29) is 18.7 Å². The van der Waals surface area contributed by atoms with Crippen LogP contribution in [0.1, 0.15) is 25.3 Å². The summed E-state index contributed by atoms with van der Waals surface area (Å²) in [5, 5.41) is 11.4. The molecule has 1 aromatic carbocycles. The first kappa shape index (κ1) is 19.0. The van der Waals surface area contributed by atoms with Crippen LogP contribution >= 0.6 is 23.5 Å². The molecule has 0 aromatic heterocycles. The number of hydrogen-bond donors (Lipinski definition) is 1. The van der Waals surface area contributed by atoms with Crippen molar-refractivity contribution in [1.29, 1.82) is 0 Å². The fraction of sp³-hybridized carbons (Fsp3) is 0.611. The van der Waals surface area contributed by atoms with E-state index in [2.05, 4.69) is 0 Å². The summed E-state index contributed by atoms with van der Waals surface area (Å²) in [5.74, 6) is 1.98. The predicted octanol–water partition coefficient (Wildman–Crippen LogP) is 2.68. The van der Waals surface area contributed by atoms with Crippen LogP contribution in [-0.4, -0.2) is 57.1 Å². The van der Waals surface area contributed by atoms with Crippen molar-refractivity contribution in [2.45, 2.75) is 42.5 Å². The van der Waals surface area contributed by atoms with E-state index in [1.807, 2.05) is 60.8 Å². The number of nitrogens with zero attached hydrogens (tertiary/aromatic N) is 1. The fourth-order valence-corrected chi connectivity index (χ4v) is 6.40. The number of rotatable bonds is 7. The maximum absolute atomic E-state index is 13.0. The van der Waals surface area contributed by atoms with Crippen LogP contribution in [0.5, 0.6) is 0 Å². The number of hydrogen-bond acceptors (Lipinski definition) is 7. The van der Waals surface area contributed by atoms with E-state index in [1.165, 1.54) is 0 Å². The minimum Gasteiger partial charge on any atom is -0.465 e. The number of hydroxylamine groups is 2. The molecule has 0 bridgehead atoms. The molecule has 2 saturated heterocycles. The number of ether oxygens (including phenoxy) is 1. The SMILES string of the molecule is CCOC(=O)[C@@]1(CC2SCCS2)C[C@@H](CO)ON1Cc1ccccc1. The van der Waals surface area contributed by atoms with Crippen molar-refractivity contribution in [3.8, 4) is 0 Å². The summed E-state index contributed by atoms with van der Waals surface area (Å²) < 4.78 is 5.79. The summed E-state index contributed by atoms with van der Waals surface area (Å²) in [5.41, 5.74) is 0.232. The molecule has 1 N–H and O–H groups in total. The molecule has 2 aliphatic rings. The first-order valence-corrected chi connectivity index (χ1v) is 10.8. The van der Waals surface area contributed by atoms with E-state index in [0.29, 0.717) is 30.6 Å². The van der Waals surface area contributed by atoms with Gasteiger partial charge in [-0.25, -0.2) is 4.79 Å². The number of benzene rings is 1. The van der Waals surface area contributed by atoms with Crippen molar-refractivity contribution < 1.29 is 19.5 Å². The van der Waals surface area contributed by atoms with Gasteiger partial charge in [0.25, 0.3) is 0 Å². The van der Waals surface area contributed by atoms with Crippen molar-refractivity contribution in [3.05, 3.63) is 35.9 Å². The monoisotopic (exact) mass is 383 g/mol. The van der Waals surface area contributed by atoms with E-state index < -0.39 is 5.54 Å². The second kappa shape index (κ2) is 8.77. The van der Waals surface area contributed by atoms with E-state index in [4.69, 9.17) is 9.57 Å². The minimum atomic E-state index is -0.839. The van der Waals surface area contributed by atoms with Crippen LogP contribution in [0.15, 0.2) is 30.3 Å². The summed E-state index contributed by atoms with van der Waals surface area (Å²) >= 11 is 3.78. The molecule has 2 heterocycles. The number of aliphatic hydroxyl groups excluding tert-OH is 1. The molecule has 0 spiro atoms. The zero-order chi connectivity index (χ0) is 17.7. The van der Waals surface area contributed by atoms with E-state index in [1.54, 1.807) is 5.06 Å². The average molecular weight is 384 g/mol. The maximum atomic E-state index is 13.0. The van der Waals surface area contributed by atoms with Crippen molar-refractivity contribution in [2.75, 3.05) is 24.7 Å². The lowest BCUT2D eigenvalue weighted by molar-refractivity contribution is -0.213. The molecule has 2 atom stereocenters. The standard InChI is InChI=1S/C18H25NO4S2/c1-2-22-17(21)18(11-16-24-8-9-25-16)10-15(13-20)23-19(18)12-14-6-4-3-5-7-14/h3-7,15-16,20H,2,8-13H2,1H3/t15-,18-/m0/s1. The summed E-state index contributed by atoms with van der Waals surface area (Å²) in [6.07, 6.45) is 0.765. The number of carbonyl (C=O) groups is 1. The Morgan fingerprint density at radius 2 is 2.08 bits per heavy atom. The molecule has 25 heavy (non-hydrogen) atoms. The zero-order valence-electron chi connectivity index (χ0n) is 14.4. The first-order chi connectivity index (χ1) is 12.2. The number of thioether (sulfide) groups is 2. The molecular weight excluding hydrogens is 358 g/mol. The second-order valence-electron chi connectivity index (χ2n) is 6.26. The van der Waals surface area contributed by atoms with Crippen LogP contribution in [-0.2, 0) is 20.9 Å². The van der Waals surface area contributed by atoms with Gasteiger partial charge in [0, 0.05) is 17.9 Å². The van der Waals surface area contributed by atoms with Gasteiger partial charge in [-0.05, 0) is 18.9 Å². The van der Waals surface area contributed by atoms with Crippen LogP contribution in [0, 0.1) is 0 Å². The number of aliphatic hydroxyl groups is 1. The molecule has 2 aliphatic heterocycles. The van der Waals surface area contributed by atoms with Crippen LogP contribution < -0.4 is 0 Å². The Morgan fingerprint density at radius 3 is 2.72 bits per heavy atom. The fourth-order valence-electron chi connectivity index (χ4n) is 3.35. The predicted molar refractivity (Wildman–Crippen MR) is 101 cm³/mol. The highest BCUT2D eigenvalue weighted by Gasteiger charge is 2.55. The molecule has 5 nitrogen and oxygen atoms in total. The smallest absolute Gasteiger partial charge is 0.329 e. The van der Waals surface area contributed by atoms with Gasteiger partial charge >= 0.3 is 5.97 Å². The summed E-state index contributed by atoms with van der Waals surface area (Å²) in [6, 6.07) is 9.96. The third-order valence-electron chi connectivity index (χ3n) is 4.54. The molecule has 0 radical (unpaired) electrons. The molecule has 1 aromatic rings. The van der Waals surface area contributed by atoms with Gasteiger partial charge in [-0.2, -0.15) is 5.06 Å². The molecule has 0 unspecified atom stereocenters. The number of carbonyl (C=O) groups excluding carboxylic acids is 1. The second-order valence-corrected chi connectivity index (χ2v) is 9.18. The highest BCUT2D eigenvalue weighted by molar-refractivity contribution is 8.20. The van der Waals surface area contributed by atoms with Gasteiger partial charge in [-0.15, -0.1) is 23.5 Å². The molecule has 7 heteroatoms. The lowest BCUT2D eigenvalue weighted by atomic mass is 9.89. The Morgan fingerprint density at radius 1 is 1.36 bits per heavy atom. The summed E-state index contributed by atoms with van der Waals surface area (Å²) in [4.78, 5) is 18.9. The van der Waals surface area contributed by atoms with Gasteiger partial charge in [0.05, 0.1) is 24.3 Å². The lowest BCUT2D eigenvalue weighted by Gasteiger charge is -2.35. The molecule has 0 aliphatic carbocycles. The lowest BCUT2D eigenvalue weighted by Crippen LogP contribution is -2.51. The Balaban J connectivity index is 1.87. The van der Waals surface area contributed by atoms with Gasteiger partial charge in [0.1, 0.15) is 11.6 Å². The molecule has 0 amide bonds. The van der Waals surface area contributed by atoms with Gasteiger partial charge in [0.15, 0.2) is 0 Å². The van der Waals surface area contributed by atoms with E-state index in [9.17, 15) is 9.90 Å². The van der Waals surface area contributed by atoms with Crippen molar-refractivity contribution >= 4 is 29.5 Å². The average Bonchev–Trinajstić information content (AvgIpc) is 3.25. The largest absolute Gasteiger partial charge is 0.465 e. The Labute approximate surface area is 157 Å². The van der Waals surface area contributed by atoms with E-state index >= 15 is 0 Å². The molecule has 0 saturated carbocycles. The van der Waals surface area contributed by atoms with Crippen LogP contribution in [0.4, 0.5) is 0 Å². The minimum absolute atomic E-state index is 0.0998. The molecule has 3 rings (SSSR count). The van der Waals surface area contributed by atoms with Gasteiger partial charge in [0.2, 0.25) is 0 Å². The van der Waals surface area contributed by atoms with Crippen molar-refractivity contribution in [2.24, 2.45) is 0 Å².